The molecule has 0 atom stereocenters. The second-order valence-electron chi connectivity index (χ2n) is 6.27. The number of carbonyl (C=O) groups excluding carboxylic acids is 3. The Labute approximate surface area is 125 Å². The van der Waals surface area contributed by atoms with Gasteiger partial charge in [0.25, 0.3) is 5.91 Å². The Bertz CT molecular complexity index is 439. The highest BCUT2D eigenvalue weighted by Crippen LogP contribution is 2.30. The summed E-state index contributed by atoms with van der Waals surface area (Å²) in [4.78, 5) is 39.6. The normalized spacial score (nSPS) is 21.3. The first kappa shape index (κ1) is 15.8. The number of urea groups is 1. The van der Waals surface area contributed by atoms with E-state index in [0.717, 1.165) is 12.8 Å². The number of carbonyl (C=O) groups is 3. The van der Waals surface area contributed by atoms with Crippen molar-refractivity contribution in [1.82, 2.24) is 15.1 Å². The van der Waals surface area contributed by atoms with Crippen molar-refractivity contribution in [2.45, 2.75) is 64.5 Å². The predicted molar refractivity (Wildman–Crippen MR) is 78.6 cm³/mol. The van der Waals surface area contributed by atoms with Crippen molar-refractivity contribution in [2.75, 3.05) is 13.1 Å². The number of hydrogen-bond acceptors (Lipinski definition) is 3. The molecule has 0 aromatic heterocycles. The molecule has 1 N–H and O–H groups in total. The molecule has 1 spiro atoms. The average Bonchev–Trinajstić information content (AvgIpc) is 2.68. The summed E-state index contributed by atoms with van der Waals surface area (Å²) < 4.78 is 0. The molecule has 0 unspecified atom stereocenters. The fraction of sp³-hybridized carbons (Fsp3) is 0.800. The maximum Gasteiger partial charge on any atom is 0.325 e. The van der Waals surface area contributed by atoms with E-state index in [4.69, 9.17) is 0 Å². The smallest absolute Gasteiger partial charge is 0.325 e. The lowest BCUT2D eigenvalue weighted by molar-refractivity contribution is -0.139. The lowest BCUT2D eigenvalue weighted by Crippen LogP contribution is -2.56. The molecule has 0 saturated carbocycles. The fourth-order valence-electron chi connectivity index (χ4n) is 3.07. The second kappa shape index (κ2) is 6.03. The van der Waals surface area contributed by atoms with E-state index in [0.29, 0.717) is 32.4 Å². The molecule has 6 heteroatoms. The van der Waals surface area contributed by atoms with E-state index in [1.165, 1.54) is 4.90 Å². The number of piperidine rings is 1. The largest absolute Gasteiger partial charge is 0.342 e. The van der Waals surface area contributed by atoms with Crippen LogP contribution in [0.5, 0.6) is 0 Å². The summed E-state index contributed by atoms with van der Waals surface area (Å²) in [6, 6.07) is -0.443. The molecule has 118 valence electrons. The molecule has 2 aliphatic heterocycles. The molecular formula is C15H25N3O3. The van der Waals surface area contributed by atoms with Gasteiger partial charge in [-0.25, -0.2) is 4.79 Å². The highest BCUT2D eigenvalue weighted by Gasteiger charge is 2.53. The van der Waals surface area contributed by atoms with Gasteiger partial charge in [-0.15, -0.1) is 0 Å². The summed E-state index contributed by atoms with van der Waals surface area (Å²) >= 11 is 0. The summed E-state index contributed by atoms with van der Waals surface area (Å²) in [6.45, 7) is 6.81. The van der Waals surface area contributed by atoms with E-state index in [-0.39, 0.29) is 23.9 Å². The van der Waals surface area contributed by atoms with Crippen LogP contribution in [0.3, 0.4) is 0 Å². The fourth-order valence-corrected chi connectivity index (χ4v) is 3.07. The van der Waals surface area contributed by atoms with Crippen LogP contribution in [0.4, 0.5) is 4.79 Å². The van der Waals surface area contributed by atoms with Gasteiger partial charge in [0, 0.05) is 25.6 Å². The molecular weight excluding hydrogens is 270 g/mol. The van der Waals surface area contributed by atoms with Gasteiger partial charge in [-0.2, -0.15) is 0 Å². The van der Waals surface area contributed by atoms with Crippen LogP contribution in [0.2, 0.25) is 0 Å². The molecule has 2 heterocycles. The van der Waals surface area contributed by atoms with Crippen molar-refractivity contribution in [3.05, 3.63) is 0 Å². The molecule has 2 aliphatic rings. The van der Waals surface area contributed by atoms with Crippen LogP contribution < -0.4 is 5.32 Å². The summed E-state index contributed by atoms with van der Waals surface area (Å²) in [5.41, 5.74) is -0.789. The van der Waals surface area contributed by atoms with Crippen LogP contribution >= 0.6 is 0 Å². The maximum atomic E-state index is 12.5. The van der Waals surface area contributed by atoms with Crippen LogP contribution in [0.15, 0.2) is 0 Å². The van der Waals surface area contributed by atoms with E-state index < -0.39 is 5.54 Å². The van der Waals surface area contributed by atoms with Gasteiger partial charge in [0.15, 0.2) is 0 Å². The monoisotopic (exact) mass is 295 g/mol. The van der Waals surface area contributed by atoms with Crippen molar-refractivity contribution in [3.63, 3.8) is 0 Å². The van der Waals surface area contributed by atoms with Crippen LogP contribution in [0.25, 0.3) is 0 Å². The molecule has 0 aromatic carbocycles. The van der Waals surface area contributed by atoms with Gasteiger partial charge >= 0.3 is 6.03 Å². The summed E-state index contributed by atoms with van der Waals surface area (Å²) in [5, 5.41) is 2.85. The lowest BCUT2D eigenvalue weighted by atomic mass is 9.87. The van der Waals surface area contributed by atoms with Crippen molar-refractivity contribution >= 4 is 17.8 Å². The molecule has 4 amide bonds. The zero-order valence-electron chi connectivity index (χ0n) is 13.1. The summed E-state index contributed by atoms with van der Waals surface area (Å²) in [7, 11) is 0. The quantitative estimate of drug-likeness (QED) is 0.799. The summed E-state index contributed by atoms with van der Waals surface area (Å²) in [5.74, 6) is 0.0207. The Morgan fingerprint density at radius 1 is 1.29 bits per heavy atom. The number of likely N-dealkylation sites (tertiary alicyclic amines) is 1. The molecule has 0 aliphatic carbocycles. The van der Waals surface area contributed by atoms with Gasteiger partial charge in [-0.1, -0.05) is 13.3 Å². The first-order chi connectivity index (χ1) is 9.91. The Kier molecular flexibility index (Phi) is 4.54. The topological polar surface area (TPSA) is 69.7 Å². The Balaban J connectivity index is 1.99. The van der Waals surface area contributed by atoms with Crippen LogP contribution in [-0.2, 0) is 9.59 Å². The second-order valence-corrected chi connectivity index (χ2v) is 6.27. The summed E-state index contributed by atoms with van der Waals surface area (Å²) in [6.07, 6.45) is 3.50. The lowest BCUT2D eigenvalue weighted by Gasteiger charge is -2.37. The number of amides is 4. The molecule has 21 heavy (non-hydrogen) atoms. The van der Waals surface area contributed by atoms with Crippen molar-refractivity contribution in [3.8, 4) is 0 Å². The minimum Gasteiger partial charge on any atom is -0.342 e. The SMILES string of the molecule is CCCCC(=O)N1CCC2(CC1)NC(=O)N(C(C)C)C2=O. The minimum atomic E-state index is -0.789. The molecule has 0 radical (unpaired) electrons. The Morgan fingerprint density at radius 3 is 2.38 bits per heavy atom. The van der Waals surface area contributed by atoms with Crippen molar-refractivity contribution in [2.24, 2.45) is 0 Å². The number of imide groups is 1. The minimum absolute atomic E-state index is 0.136. The third kappa shape index (κ3) is 2.89. The molecule has 0 bridgehead atoms. The molecule has 6 nitrogen and oxygen atoms in total. The zero-order chi connectivity index (χ0) is 15.6. The maximum absolute atomic E-state index is 12.5. The van der Waals surface area contributed by atoms with Crippen molar-refractivity contribution in [1.29, 1.82) is 0 Å². The zero-order valence-corrected chi connectivity index (χ0v) is 13.1. The van der Waals surface area contributed by atoms with Gasteiger partial charge in [0.05, 0.1) is 0 Å². The molecule has 2 saturated heterocycles. The van der Waals surface area contributed by atoms with Gasteiger partial charge < -0.3 is 10.2 Å². The van der Waals surface area contributed by atoms with E-state index in [1.807, 2.05) is 18.7 Å². The number of unbranched alkanes of at least 4 members (excludes halogenated alkanes) is 1. The first-order valence-electron chi connectivity index (χ1n) is 7.85. The van der Waals surface area contributed by atoms with Gasteiger partial charge in [0.2, 0.25) is 5.91 Å². The highest BCUT2D eigenvalue weighted by molar-refractivity contribution is 6.07. The van der Waals surface area contributed by atoms with Crippen LogP contribution in [-0.4, -0.2) is 52.3 Å². The van der Waals surface area contributed by atoms with E-state index in [2.05, 4.69) is 12.2 Å². The van der Waals surface area contributed by atoms with Crippen molar-refractivity contribution < 1.29 is 14.4 Å². The van der Waals surface area contributed by atoms with E-state index in [1.54, 1.807) is 0 Å². The number of rotatable bonds is 4. The molecule has 2 fully saturated rings. The average molecular weight is 295 g/mol. The number of nitrogens with zero attached hydrogens (tertiary/aromatic N) is 2. The molecule has 2 rings (SSSR count). The van der Waals surface area contributed by atoms with Gasteiger partial charge in [-0.3, -0.25) is 14.5 Å². The van der Waals surface area contributed by atoms with Gasteiger partial charge in [0.1, 0.15) is 5.54 Å². The first-order valence-corrected chi connectivity index (χ1v) is 7.85. The van der Waals surface area contributed by atoms with E-state index >= 15 is 0 Å². The third-order valence-electron chi connectivity index (χ3n) is 4.42. The number of hydrogen-bond donors (Lipinski definition) is 1. The van der Waals surface area contributed by atoms with E-state index in [9.17, 15) is 14.4 Å². The Hall–Kier alpha value is -1.59. The van der Waals surface area contributed by atoms with Crippen LogP contribution in [0, 0.1) is 0 Å². The van der Waals surface area contributed by atoms with Gasteiger partial charge in [-0.05, 0) is 33.1 Å². The highest BCUT2D eigenvalue weighted by atomic mass is 16.2. The number of nitrogens with one attached hydrogen (secondary N) is 1. The van der Waals surface area contributed by atoms with Crippen LogP contribution in [0.1, 0.15) is 52.9 Å². The molecule has 0 aromatic rings. The predicted octanol–water partition coefficient (Wildman–Crippen LogP) is 1.50. The standard InChI is InChI=1S/C15H25N3O3/c1-4-5-6-12(19)17-9-7-15(8-10-17)13(20)18(11(2)3)14(21)16-15/h11H,4-10H2,1-3H3,(H,16,21). The Morgan fingerprint density at radius 2 is 1.90 bits per heavy atom. The third-order valence-corrected chi connectivity index (χ3v) is 4.42.